The van der Waals surface area contributed by atoms with Gasteiger partial charge in [0.2, 0.25) is 0 Å². The summed E-state index contributed by atoms with van der Waals surface area (Å²) in [6, 6.07) is 0. The predicted molar refractivity (Wildman–Crippen MR) is 97.3 cm³/mol. The van der Waals surface area contributed by atoms with E-state index in [1.807, 2.05) is 13.8 Å². The van der Waals surface area contributed by atoms with Crippen LogP contribution in [-0.4, -0.2) is 35.0 Å². The molecule has 4 aliphatic carbocycles. The second-order valence-corrected chi connectivity index (χ2v) is 10.8. The fourth-order valence-electron chi connectivity index (χ4n) is 8.14. The first-order chi connectivity index (χ1) is 12.1. The van der Waals surface area contributed by atoms with E-state index in [4.69, 9.17) is 9.47 Å². The van der Waals surface area contributed by atoms with Gasteiger partial charge < -0.3 is 14.6 Å². The summed E-state index contributed by atoms with van der Waals surface area (Å²) in [4.78, 5) is 12.8. The second kappa shape index (κ2) is 5.33. The van der Waals surface area contributed by atoms with Crippen molar-refractivity contribution in [2.45, 2.75) is 96.7 Å². The highest BCUT2D eigenvalue weighted by molar-refractivity contribution is 5.87. The zero-order valence-corrected chi connectivity index (χ0v) is 16.7. The lowest BCUT2D eigenvalue weighted by Crippen LogP contribution is -2.62. The number of Topliss-reactive ketones (excluding diaryl/α,β-unsaturated/α-hetero) is 1. The van der Waals surface area contributed by atoms with Crippen LogP contribution in [0, 0.1) is 34.5 Å². The highest BCUT2D eigenvalue weighted by Gasteiger charge is 2.68. The van der Waals surface area contributed by atoms with E-state index < -0.39 is 5.79 Å². The summed E-state index contributed by atoms with van der Waals surface area (Å²) in [6.45, 7) is 8.66. The minimum Gasteiger partial charge on any atom is -0.393 e. The van der Waals surface area contributed by atoms with Gasteiger partial charge in [0.05, 0.1) is 18.3 Å². The van der Waals surface area contributed by atoms with Crippen LogP contribution in [0.2, 0.25) is 0 Å². The fraction of sp³-hybridized carbons (Fsp3) is 0.955. The van der Waals surface area contributed by atoms with Crippen LogP contribution in [0.3, 0.4) is 0 Å². The Morgan fingerprint density at radius 3 is 2.58 bits per heavy atom. The Kier molecular flexibility index (Phi) is 3.61. The summed E-state index contributed by atoms with van der Waals surface area (Å²) < 4.78 is 13.1. The maximum atomic E-state index is 12.8. The highest BCUT2D eigenvalue weighted by Crippen LogP contribution is 2.67. The van der Waals surface area contributed by atoms with Gasteiger partial charge in [0.25, 0.3) is 0 Å². The quantitative estimate of drug-likeness (QED) is 0.714. The third-order valence-electron chi connectivity index (χ3n) is 9.19. The van der Waals surface area contributed by atoms with Crippen LogP contribution in [0.25, 0.3) is 0 Å². The molecule has 4 heteroatoms. The van der Waals surface area contributed by atoms with E-state index in [9.17, 15) is 9.90 Å². The molecule has 1 aliphatic heterocycles. The van der Waals surface area contributed by atoms with Crippen LogP contribution in [0.15, 0.2) is 0 Å². The molecule has 1 N–H and O–H groups in total. The molecule has 1 saturated heterocycles. The van der Waals surface area contributed by atoms with Gasteiger partial charge in [0.1, 0.15) is 5.78 Å². The van der Waals surface area contributed by atoms with Gasteiger partial charge in [-0.2, -0.15) is 0 Å². The first-order valence-corrected chi connectivity index (χ1v) is 10.7. The molecule has 26 heavy (non-hydrogen) atoms. The molecular weight excluding hydrogens is 328 g/mol. The Morgan fingerprint density at radius 2 is 1.81 bits per heavy atom. The summed E-state index contributed by atoms with van der Waals surface area (Å²) in [7, 11) is 0. The molecule has 5 aliphatic rings. The van der Waals surface area contributed by atoms with E-state index >= 15 is 0 Å². The minimum absolute atomic E-state index is 0.0468. The molecule has 0 bridgehead atoms. The summed E-state index contributed by atoms with van der Waals surface area (Å²) in [6.07, 6.45) is 6.48. The molecule has 0 aromatic carbocycles. The van der Waals surface area contributed by atoms with Crippen molar-refractivity contribution in [1.82, 2.24) is 0 Å². The number of aliphatic hydroxyl groups excluding tert-OH is 1. The molecule has 0 unspecified atom stereocenters. The Hall–Kier alpha value is -0.450. The summed E-state index contributed by atoms with van der Waals surface area (Å²) in [5.74, 6) is 1.80. The van der Waals surface area contributed by atoms with Crippen molar-refractivity contribution >= 4 is 5.78 Å². The van der Waals surface area contributed by atoms with Gasteiger partial charge in [-0.25, -0.2) is 0 Å². The van der Waals surface area contributed by atoms with Crippen molar-refractivity contribution in [3.05, 3.63) is 0 Å². The SMILES string of the molecule is CC1(C)O[C@@H]2C[C@@]3(C)C(=O)CC[C@H]3[C@H]3CC[C@H]4C[C@@H](O)C[C@@H](O1)[C@@]4(C)[C@@H]32. The monoisotopic (exact) mass is 362 g/mol. The fourth-order valence-corrected chi connectivity index (χ4v) is 8.14. The highest BCUT2D eigenvalue weighted by atomic mass is 16.7. The molecule has 0 spiro atoms. The number of fused-ring (bicyclic) bond motifs is 2. The van der Waals surface area contributed by atoms with Crippen LogP contribution in [0.1, 0.15) is 72.6 Å². The van der Waals surface area contributed by atoms with Gasteiger partial charge in [-0.3, -0.25) is 4.79 Å². The van der Waals surface area contributed by atoms with Crippen molar-refractivity contribution in [2.75, 3.05) is 0 Å². The number of hydrogen-bond donors (Lipinski definition) is 1. The van der Waals surface area contributed by atoms with Crippen molar-refractivity contribution < 1.29 is 19.4 Å². The zero-order valence-electron chi connectivity index (χ0n) is 16.7. The number of ether oxygens (including phenoxy) is 2. The Balaban J connectivity index is 1.63. The van der Waals surface area contributed by atoms with Crippen molar-refractivity contribution in [3.63, 3.8) is 0 Å². The Morgan fingerprint density at radius 1 is 1.04 bits per heavy atom. The van der Waals surface area contributed by atoms with Crippen LogP contribution >= 0.6 is 0 Å². The molecule has 5 fully saturated rings. The number of carbonyl (C=O) groups excluding carboxylic acids is 1. The van der Waals surface area contributed by atoms with E-state index in [2.05, 4.69) is 13.8 Å². The average molecular weight is 363 g/mol. The van der Waals surface area contributed by atoms with Gasteiger partial charge >= 0.3 is 0 Å². The van der Waals surface area contributed by atoms with Gasteiger partial charge in [-0.1, -0.05) is 13.8 Å². The van der Waals surface area contributed by atoms with Gasteiger partial charge in [0, 0.05) is 23.7 Å². The Labute approximate surface area is 157 Å². The van der Waals surface area contributed by atoms with E-state index in [1.165, 1.54) is 6.42 Å². The number of ketones is 1. The standard InChI is InChI=1S/C22H34O4/c1-20(2)25-16-11-21(3)15(7-8-17(21)24)14-6-5-12-9-13(23)10-18(26-20)22(12,4)19(14)16/h12-16,18-19,23H,5-11H2,1-4H3/t12-,13+,14+,15-,16+,18+,19-,21+,22-/m0/s1. The summed E-state index contributed by atoms with van der Waals surface area (Å²) in [5, 5.41) is 10.5. The smallest absolute Gasteiger partial charge is 0.163 e. The zero-order chi connectivity index (χ0) is 18.5. The van der Waals surface area contributed by atoms with E-state index in [1.54, 1.807) is 0 Å². The lowest BCUT2D eigenvalue weighted by Gasteiger charge is -2.62. The average Bonchev–Trinajstić information content (AvgIpc) is 2.78. The molecule has 0 amide bonds. The molecule has 4 saturated carbocycles. The Bertz CT molecular complexity index is 630. The van der Waals surface area contributed by atoms with Crippen LogP contribution in [0.4, 0.5) is 0 Å². The maximum absolute atomic E-state index is 12.8. The topological polar surface area (TPSA) is 55.8 Å². The summed E-state index contributed by atoms with van der Waals surface area (Å²) in [5.41, 5.74) is -0.160. The molecule has 0 aromatic heterocycles. The summed E-state index contributed by atoms with van der Waals surface area (Å²) >= 11 is 0. The molecule has 5 rings (SSSR count). The van der Waals surface area contributed by atoms with Crippen LogP contribution in [0.5, 0.6) is 0 Å². The third kappa shape index (κ3) is 2.15. The lowest BCUT2D eigenvalue weighted by atomic mass is 9.43. The number of carbonyl (C=O) groups is 1. The minimum atomic E-state index is -0.660. The van der Waals surface area contributed by atoms with Crippen molar-refractivity contribution in [2.24, 2.45) is 34.5 Å². The predicted octanol–water partition coefficient (Wildman–Crippen LogP) is 3.70. The first-order valence-electron chi connectivity index (χ1n) is 10.7. The van der Waals surface area contributed by atoms with E-state index in [0.29, 0.717) is 29.5 Å². The van der Waals surface area contributed by atoms with Crippen LogP contribution < -0.4 is 0 Å². The number of aliphatic hydroxyl groups is 1. The molecule has 9 atom stereocenters. The van der Waals surface area contributed by atoms with Crippen molar-refractivity contribution in [1.29, 1.82) is 0 Å². The molecule has 146 valence electrons. The maximum Gasteiger partial charge on any atom is 0.163 e. The van der Waals surface area contributed by atoms with Crippen LogP contribution in [-0.2, 0) is 14.3 Å². The van der Waals surface area contributed by atoms with E-state index in [-0.39, 0.29) is 29.1 Å². The first kappa shape index (κ1) is 17.6. The van der Waals surface area contributed by atoms with Gasteiger partial charge in [-0.05, 0) is 69.6 Å². The molecule has 0 aromatic rings. The lowest BCUT2D eigenvalue weighted by molar-refractivity contribution is -0.261. The third-order valence-corrected chi connectivity index (χ3v) is 9.19. The molecule has 4 nitrogen and oxygen atoms in total. The number of rotatable bonds is 0. The van der Waals surface area contributed by atoms with Crippen molar-refractivity contribution in [3.8, 4) is 0 Å². The molecule has 1 heterocycles. The largest absolute Gasteiger partial charge is 0.393 e. The normalized spacial score (nSPS) is 57.9. The van der Waals surface area contributed by atoms with Gasteiger partial charge in [0.15, 0.2) is 5.79 Å². The number of hydrogen-bond acceptors (Lipinski definition) is 4. The molecule has 0 radical (unpaired) electrons. The van der Waals surface area contributed by atoms with E-state index in [0.717, 1.165) is 38.5 Å². The molecular formula is C22H34O4. The van der Waals surface area contributed by atoms with Gasteiger partial charge in [-0.15, -0.1) is 0 Å². The second-order valence-electron chi connectivity index (χ2n) is 10.8.